The average molecular weight is 254 g/mol. The fourth-order valence-corrected chi connectivity index (χ4v) is 2.02. The molecule has 3 nitrogen and oxygen atoms in total. The normalized spacial score (nSPS) is 10.8. The van der Waals surface area contributed by atoms with Crippen LogP contribution in [0.3, 0.4) is 0 Å². The smallest absolute Gasteiger partial charge is 0.146 e. The van der Waals surface area contributed by atoms with E-state index in [-0.39, 0.29) is 5.75 Å². The number of phenolic OH excluding ortho intramolecular Hbond substituents is 1. The fraction of sp³-hybridized carbons (Fsp3) is 0.125. The van der Waals surface area contributed by atoms with Crippen molar-refractivity contribution < 1.29 is 14.3 Å². The third kappa shape index (κ3) is 2.55. The van der Waals surface area contributed by atoms with Crippen LogP contribution < -0.4 is 4.74 Å². The van der Waals surface area contributed by atoms with Gasteiger partial charge < -0.3 is 14.3 Å². The van der Waals surface area contributed by atoms with Gasteiger partial charge in [0.15, 0.2) is 0 Å². The van der Waals surface area contributed by atoms with E-state index < -0.39 is 0 Å². The lowest BCUT2D eigenvalue weighted by Gasteiger charge is -2.03. The first kappa shape index (κ1) is 11.7. The molecule has 0 atom stereocenters. The van der Waals surface area contributed by atoms with Crippen LogP contribution in [0.2, 0.25) is 0 Å². The van der Waals surface area contributed by atoms with E-state index in [0.717, 1.165) is 16.7 Å². The molecule has 0 aliphatic rings. The predicted molar refractivity (Wildman–Crippen MR) is 73.4 cm³/mol. The number of ether oxygens (including phenoxy) is 1. The van der Waals surface area contributed by atoms with Crippen LogP contribution >= 0.6 is 0 Å². The molecule has 0 amide bonds. The molecule has 3 aromatic rings. The second-order valence-corrected chi connectivity index (χ2v) is 4.54. The zero-order chi connectivity index (χ0) is 13.2. The van der Waals surface area contributed by atoms with Gasteiger partial charge in [-0.3, -0.25) is 0 Å². The third-order valence-electron chi connectivity index (χ3n) is 2.92. The highest BCUT2D eigenvalue weighted by Crippen LogP contribution is 2.23. The highest BCUT2D eigenvalue weighted by molar-refractivity contribution is 5.78. The number of hydrogen-bond acceptors (Lipinski definition) is 3. The Balaban J connectivity index is 1.78. The van der Waals surface area contributed by atoms with Crippen molar-refractivity contribution in [2.75, 3.05) is 0 Å². The Morgan fingerprint density at radius 2 is 2.00 bits per heavy atom. The maximum Gasteiger partial charge on any atom is 0.146 e. The molecular weight excluding hydrogens is 240 g/mol. The molecule has 3 heteroatoms. The van der Waals surface area contributed by atoms with Crippen molar-refractivity contribution in [3.8, 4) is 11.5 Å². The van der Waals surface area contributed by atoms with Crippen molar-refractivity contribution in [1.82, 2.24) is 0 Å². The molecule has 0 saturated heterocycles. The lowest BCUT2D eigenvalue weighted by atomic mass is 10.2. The zero-order valence-electron chi connectivity index (χ0n) is 10.6. The maximum absolute atomic E-state index is 9.35. The van der Waals surface area contributed by atoms with Crippen LogP contribution in [0, 0.1) is 6.92 Å². The van der Waals surface area contributed by atoms with Crippen LogP contribution in [0.5, 0.6) is 11.5 Å². The lowest BCUT2D eigenvalue weighted by molar-refractivity contribution is 0.273. The number of hydrogen-bond donors (Lipinski definition) is 1. The number of aromatic hydroxyl groups is 1. The Hall–Kier alpha value is -2.42. The largest absolute Gasteiger partial charge is 0.508 e. The zero-order valence-corrected chi connectivity index (χ0v) is 10.6. The van der Waals surface area contributed by atoms with Crippen molar-refractivity contribution in [1.29, 1.82) is 0 Å². The van der Waals surface area contributed by atoms with Gasteiger partial charge in [0.05, 0.1) is 0 Å². The first-order chi connectivity index (χ1) is 9.20. The van der Waals surface area contributed by atoms with Gasteiger partial charge in [-0.15, -0.1) is 0 Å². The number of aryl methyl sites for hydroxylation is 1. The van der Waals surface area contributed by atoms with Crippen LogP contribution in [-0.4, -0.2) is 5.11 Å². The number of rotatable bonds is 3. The molecule has 0 radical (unpaired) electrons. The molecule has 1 N–H and O–H groups in total. The third-order valence-corrected chi connectivity index (χ3v) is 2.92. The van der Waals surface area contributed by atoms with E-state index >= 15 is 0 Å². The number of fused-ring (bicyclic) bond motifs is 1. The molecule has 2 aromatic carbocycles. The second-order valence-electron chi connectivity index (χ2n) is 4.54. The number of benzene rings is 2. The summed E-state index contributed by atoms with van der Waals surface area (Å²) >= 11 is 0. The summed E-state index contributed by atoms with van der Waals surface area (Å²) in [4.78, 5) is 0. The first-order valence-corrected chi connectivity index (χ1v) is 6.11. The summed E-state index contributed by atoms with van der Waals surface area (Å²) < 4.78 is 11.3. The van der Waals surface area contributed by atoms with E-state index in [1.165, 1.54) is 5.56 Å². The molecule has 0 unspecified atom stereocenters. The van der Waals surface area contributed by atoms with Gasteiger partial charge in [0.1, 0.15) is 29.4 Å². The van der Waals surface area contributed by atoms with Gasteiger partial charge in [0.25, 0.3) is 0 Å². The molecule has 0 bridgehead atoms. The van der Waals surface area contributed by atoms with Crippen LogP contribution in [0.4, 0.5) is 0 Å². The molecule has 0 spiro atoms. The van der Waals surface area contributed by atoms with Gasteiger partial charge >= 0.3 is 0 Å². The van der Waals surface area contributed by atoms with Crippen molar-refractivity contribution in [2.24, 2.45) is 0 Å². The predicted octanol–water partition coefficient (Wildman–Crippen LogP) is 4.03. The summed E-state index contributed by atoms with van der Waals surface area (Å²) in [5, 5.41) is 10.4. The van der Waals surface area contributed by atoms with Crippen LogP contribution in [0.15, 0.2) is 52.9 Å². The van der Waals surface area contributed by atoms with Crippen LogP contribution in [-0.2, 0) is 6.61 Å². The molecule has 1 aromatic heterocycles. The highest BCUT2D eigenvalue weighted by Gasteiger charge is 2.05. The van der Waals surface area contributed by atoms with Gasteiger partial charge in [-0.2, -0.15) is 0 Å². The molecule has 19 heavy (non-hydrogen) atoms. The van der Waals surface area contributed by atoms with E-state index in [2.05, 4.69) is 13.0 Å². The highest BCUT2D eigenvalue weighted by atomic mass is 16.5. The monoisotopic (exact) mass is 254 g/mol. The summed E-state index contributed by atoms with van der Waals surface area (Å²) in [6, 6.07) is 14.8. The van der Waals surface area contributed by atoms with Gasteiger partial charge in [0, 0.05) is 11.5 Å². The molecule has 3 rings (SSSR count). The first-order valence-electron chi connectivity index (χ1n) is 6.11. The SMILES string of the molecule is Cc1ccc2oc(COc3cccc(O)c3)cc2c1. The molecule has 0 saturated carbocycles. The van der Waals surface area contributed by atoms with Crippen LogP contribution in [0.25, 0.3) is 11.0 Å². The van der Waals surface area contributed by atoms with E-state index in [9.17, 15) is 5.11 Å². The molecular formula is C16H14O3. The summed E-state index contributed by atoms with van der Waals surface area (Å²) in [6.45, 7) is 2.40. The Labute approximate surface area is 111 Å². The van der Waals surface area contributed by atoms with E-state index in [4.69, 9.17) is 9.15 Å². The number of phenols is 1. The second kappa shape index (κ2) is 4.69. The van der Waals surface area contributed by atoms with E-state index in [0.29, 0.717) is 12.4 Å². The van der Waals surface area contributed by atoms with Crippen molar-refractivity contribution in [2.45, 2.75) is 13.5 Å². The lowest BCUT2D eigenvalue weighted by Crippen LogP contribution is -1.92. The fourth-order valence-electron chi connectivity index (χ4n) is 2.02. The standard InChI is InChI=1S/C16H14O3/c1-11-5-6-16-12(7-11)8-15(19-16)10-18-14-4-2-3-13(17)9-14/h2-9,17H,10H2,1H3. The van der Waals surface area contributed by atoms with Gasteiger partial charge in [-0.05, 0) is 37.3 Å². The molecule has 0 aliphatic heterocycles. The maximum atomic E-state index is 9.35. The molecule has 96 valence electrons. The minimum absolute atomic E-state index is 0.192. The molecule has 0 fully saturated rings. The Morgan fingerprint density at radius 1 is 1.11 bits per heavy atom. The molecule has 0 aliphatic carbocycles. The van der Waals surface area contributed by atoms with Gasteiger partial charge in [-0.1, -0.05) is 17.7 Å². The Bertz CT molecular complexity index is 713. The minimum atomic E-state index is 0.192. The van der Waals surface area contributed by atoms with Crippen LogP contribution in [0.1, 0.15) is 11.3 Å². The Morgan fingerprint density at radius 3 is 2.84 bits per heavy atom. The summed E-state index contributed by atoms with van der Waals surface area (Å²) in [5.41, 5.74) is 2.06. The molecule has 1 heterocycles. The van der Waals surface area contributed by atoms with E-state index in [1.54, 1.807) is 24.3 Å². The van der Waals surface area contributed by atoms with Gasteiger partial charge in [-0.25, -0.2) is 0 Å². The van der Waals surface area contributed by atoms with Gasteiger partial charge in [0.2, 0.25) is 0 Å². The average Bonchev–Trinajstić information content (AvgIpc) is 2.78. The summed E-state index contributed by atoms with van der Waals surface area (Å²) in [6.07, 6.45) is 0. The van der Waals surface area contributed by atoms with Crippen molar-refractivity contribution >= 4 is 11.0 Å². The van der Waals surface area contributed by atoms with E-state index in [1.807, 2.05) is 18.2 Å². The number of furan rings is 1. The summed E-state index contributed by atoms with van der Waals surface area (Å²) in [5.74, 6) is 1.58. The van der Waals surface area contributed by atoms with Crippen molar-refractivity contribution in [3.63, 3.8) is 0 Å². The minimum Gasteiger partial charge on any atom is -0.508 e. The van der Waals surface area contributed by atoms with Crippen molar-refractivity contribution in [3.05, 3.63) is 59.9 Å². The topological polar surface area (TPSA) is 42.6 Å². The quantitative estimate of drug-likeness (QED) is 0.767. The summed E-state index contributed by atoms with van der Waals surface area (Å²) in [7, 11) is 0. The Kier molecular flexibility index (Phi) is 2.88.